The van der Waals surface area contributed by atoms with Crippen molar-refractivity contribution in [3.8, 4) is 11.1 Å². The number of nitrogens with one attached hydrogen (secondary N) is 2. The molecule has 2 aromatic heterocycles. The van der Waals surface area contributed by atoms with E-state index in [1.165, 1.54) is 6.07 Å². The molecule has 0 atom stereocenters. The van der Waals surface area contributed by atoms with Gasteiger partial charge in [0.2, 0.25) is 0 Å². The van der Waals surface area contributed by atoms with E-state index in [1.807, 2.05) is 12.1 Å². The zero-order chi connectivity index (χ0) is 18.1. The number of H-pyrrole nitrogens is 1. The topological polar surface area (TPSA) is 99.9 Å². The molecule has 7 heteroatoms. The summed E-state index contributed by atoms with van der Waals surface area (Å²) < 4.78 is 14.2. The van der Waals surface area contributed by atoms with Gasteiger partial charge in [0.25, 0.3) is 0 Å². The fourth-order valence-corrected chi connectivity index (χ4v) is 3.59. The molecule has 6 nitrogen and oxygen atoms in total. The van der Waals surface area contributed by atoms with Gasteiger partial charge in [0, 0.05) is 24.3 Å². The Morgan fingerprint density at radius 2 is 2.04 bits per heavy atom. The monoisotopic (exact) mass is 355 g/mol. The molecule has 4 rings (SSSR count). The van der Waals surface area contributed by atoms with Crippen LogP contribution in [0.2, 0.25) is 0 Å². The number of aromatic nitrogens is 3. The Morgan fingerprint density at radius 1 is 1.23 bits per heavy atom. The Morgan fingerprint density at radius 3 is 2.77 bits per heavy atom. The Labute approximate surface area is 150 Å². The summed E-state index contributed by atoms with van der Waals surface area (Å²) in [7, 11) is 0. The number of benzene rings is 1. The van der Waals surface area contributed by atoms with Gasteiger partial charge in [0.15, 0.2) is 11.5 Å². The summed E-state index contributed by atoms with van der Waals surface area (Å²) >= 11 is 0. The summed E-state index contributed by atoms with van der Waals surface area (Å²) in [6, 6.07) is 7.21. The Balaban J connectivity index is 1.71. The minimum Gasteiger partial charge on any atom is -0.393 e. The summed E-state index contributed by atoms with van der Waals surface area (Å²) in [6.07, 6.45) is 4.85. The van der Waals surface area contributed by atoms with Crippen molar-refractivity contribution in [1.82, 2.24) is 15.2 Å². The highest BCUT2D eigenvalue weighted by molar-refractivity contribution is 6.00. The first-order valence-electron chi connectivity index (χ1n) is 8.92. The second-order valence-electron chi connectivity index (χ2n) is 6.81. The van der Waals surface area contributed by atoms with Crippen molar-refractivity contribution in [2.24, 2.45) is 5.73 Å². The lowest BCUT2D eigenvalue weighted by molar-refractivity contribution is 0.126. The molecule has 0 radical (unpaired) electrons. The molecule has 2 heterocycles. The number of hydrogen-bond acceptors (Lipinski definition) is 5. The van der Waals surface area contributed by atoms with E-state index in [9.17, 15) is 9.50 Å². The van der Waals surface area contributed by atoms with E-state index >= 15 is 0 Å². The van der Waals surface area contributed by atoms with Crippen LogP contribution >= 0.6 is 0 Å². The largest absolute Gasteiger partial charge is 0.393 e. The molecule has 0 aliphatic heterocycles. The minimum atomic E-state index is -0.311. The van der Waals surface area contributed by atoms with Crippen LogP contribution < -0.4 is 11.1 Å². The smallest absolute Gasteiger partial charge is 0.158 e. The average molecular weight is 355 g/mol. The van der Waals surface area contributed by atoms with Crippen LogP contribution in [0.25, 0.3) is 22.2 Å². The third-order valence-electron chi connectivity index (χ3n) is 5.08. The fourth-order valence-electron chi connectivity index (χ4n) is 3.59. The molecule has 136 valence electrons. The molecule has 3 aromatic rings. The summed E-state index contributed by atoms with van der Waals surface area (Å²) in [4.78, 5) is 4.34. The van der Waals surface area contributed by atoms with Crippen molar-refractivity contribution in [2.45, 2.75) is 44.4 Å². The number of fused-ring (bicyclic) bond motifs is 1. The number of aliphatic hydroxyl groups excluding tert-OH is 1. The second-order valence-corrected chi connectivity index (χ2v) is 6.81. The second kappa shape index (κ2) is 7.01. The van der Waals surface area contributed by atoms with E-state index in [4.69, 9.17) is 5.73 Å². The first kappa shape index (κ1) is 16.9. The predicted molar refractivity (Wildman–Crippen MR) is 99.1 cm³/mol. The highest BCUT2D eigenvalue weighted by Gasteiger charge is 2.22. The third kappa shape index (κ3) is 3.15. The van der Waals surface area contributed by atoms with Crippen LogP contribution in [0.4, 0.5) is 10.2 Å². The summed E-state index contributed by atoms with van der Waals surface area (Å²) in [5.41, 5.74) is 8.33. The quantitative estimate of drug-likeness (QED) is 0.577. The van der Waals surface area contributed by atoms with Gasteiger partial charge in [-0.3, -0.25) is 5.10 Å². The predicted octanol–water partition coefficient (Wildman–Crippen LogP) is 2.94. The van der Waals surface area contributed by atoms with Crippen molar-refractivity contribution in [2.75, 3.05) is 5.32 Å². The Kier molecular flexibility index (Phi) is 4.57. The number of anilines is 1. The van der Waals surface area contributed by atoms with Gasteiger partial charge in [-0.05, 0) is 48.9 Å². The maximum atomic E-state index is 14.2. The molecule has 0 saturated heterocycles. The number of nitrogens with zero attached hydrogens (tertiary/aromatic N) is 2. The maximum absolute atomic E-state index is 14.2. The van der Waals surface area contributed by atoms with Gasteiger partial charge < -0.3 is 16.2 Å². The number of rotatable bonds is 4. The first-order valence-corrected chi connectivity index (χ1v) is 8.92. The van der Waals surface area contributed by atoms with Gasteiger partial charge in [0.05, 0.1) is 11.5 Å². The fraction of sp³-hybridized carbons (Fsp3) is 0.368. The van der Waals surface area contributed by atoms with Crippen LogP contribution in [0.1, 0.15) is 31.2 Å². The first-order chi connectivity index (χ1) is 12.7. The van der Waals surface area contributed by atoms with Gasteiger partial charge >= 0.3 is 0 Å². The van der Waals surface area contributed by atoms with Crippen LogP contribution in [-0.4, -0.2) is 32.4 Å². The van der Waals surface area contributed by atoms with Gasteiger partial charge in [-0.15, -0.1) is 0 Å². The molecule has 1 aliphatic carbocycles. The molecular formula is C19H22FN5O. The van der Waals surface area contributed by atoms with Crippen molar-refractivity contribution in [3.05, 3.63) is 41.8 Å². The molecule has 5 N–H and O–H groups in total. The molecule has 0 bridgehead atoms. The third-order valence-corrected chi connectivity index (χ3v) is 5.08. The number of aromatic amines is 1. The van der Waals surface area contributed by atoms with E-state index in [0.29, 0.717) is 17.0 Å². The zero-order valence-corrected chi connectivity index (χ0v) is 14.4. The molecule has 1 aromatic carbocycles. The lowest BCUT2D eigenvalue weighted by atomic mass is 9.93. The van der Waals surface area contributed by atoms with Crippen LogP contribution in [0.3, 0.4) is 0 Å². The molecule has 1 fully saturated rings. The highest BCUT2D eigenvalue weighted by Crippen LogP contribution is 2.33. The van der Waals surface area contributed by atoms with E-state index in [0.717, 1.165) is 42.2 Å². The van der Waals surface area contributed by atoms with Gasteiger partial charge in [-0.25, -0.2) is 9.37 Å². The number of pyridine rings is 1. The normalized spacial score (nSPS) is 20.4. The molecule has 1 aliphatic rings. The molecule has 26 heavy (non-hydrogen) atoms. The van der Waals surface area contributed by atoms with Crippen LogP contribution in [-0.2, 0) is 6.54 Å². The molecule has 0 amide bonds. The van der Waals surface area contributed by atoms with E-state index in [2.05, 4.69) is 20.5 Å². The number of halogens is 1. The highest BCUT2D eigenvalue weighted by atomic mass is 19.1. The van der Waals surface area contributed by atoms with Gasteiger partial charge in [-0.1, -0.05) is 12.1 Å². The van der Waals surface area contributed by atoms with Crippen molar-refractivity contribution in [1.29, 1.82) is 0 Å². The van der Waals surface area contributed by atoms with E-state index < -0.39 is 0 Å². The number of nitrogens with two attached hydrogens (primary N) is 1. The lowest BCUT2D eigenvalue weighted by Gasteiger charge is -2.26. The number of hydrogen-bond donors (Lipinski definition) is 4. The van der Waals surface area contributed by atoms with E-state index in [1.54, 1.807) is 12.3 Å². The number of aliphatic hydroxyl groups is 1. The Bertz CT molecular complexity index is 917. The standard InChI is InChI=1S/C19H22FN5O/c20-16-9-11(1-2-12(16)10-21)15-7-8-22-18-17(15)19(25-24-18)23-13-3-5-14(26)6-4-13/h1-2,7-9,13-14,26H,3-6,10,21H2,(H2,22,23,24,25). The average Bonchev–Trinajstić information content (AvgIpc) is 3.06. The molecule has 0 spiro atoms. The van der Waals surface area contributed by atoms with Gasteiger partial charge in [-0.2, -0.15) is 5.10 Å². The lowest BCUT2D eigenvalue weighted by Crippen LogP contribution is -2.28. The summed E-state index contributed by atoms with van der Waals surface area (Å²) in [5, 5.41) is 21.3. The van der Waals surface area contributed by atoms with Crippen molar-refractivity contribution in [3.63, 3.8) is 0 Å². The van der Waals surface area contributed by atoms with Crippen molar-refractivity contribution < 1.29 is 9.50 Å². The minimum absolute atomic E-state index is 0.171. The van der Waals surface area contributed by atoms with Crippen LogP contribution in [0.15, 0.2) is 30.5 Å². The molecule has 0 unspecified atom stereocenters. The molecular weight excluding hydrogens is 333 g/mol. The van der Waals surface area contributed by atoms with Crippen LogP contribution in [0, 0.1) is 5.82 Å². The SMILES string of the molecule is NCc1ccc(-c2ccnc3[nH]nc(NC4CCC(O)CC4)c23)cc1F. The zero-order valence-electron chi connectivity index (χ0n) is 14.4. The molecule has 1 saturated carbocycles. The van der Waals surface area contributed by atoms with Crippen molar-refractivity contribution >= 4 is 16.9 Å². The Hall–Kier alpha value is -2.51. The van der Waals surface area contributed by atoms with Gasteiger partial charge in [0.1, 0.15) is 5.82 Å². The van der Waals surface area contributed by atoms with E-state index in [-0.39, 0.29) is 24.5 Å². The maximum Gasteiger partial charge on any atom is 0.158 e. The summed E-state index contributed by atoms with van der Waals surface area (Å²) in [5.74, 6) is 0.405. The summed E-state index contributed by atoms with van der Waals surface area (Å²) in [6.45, 7) is 0.171. The van der Waals surface area contributed by atoms with Crippen LogP contribution in [0.5, 0.6) is 0 Å².